The maximum atomic E-state index is 11.1. The minimum absolute atomic E-state index is 0.143. The van der Waals surface area contributed by atoms with Gasteiger partial charge in [-0.1, -0.05) is 40.0 Å². The Morgan fingerprint density at radius 2 is 1.88 bits per heavy atom. The number of carboxylic acids is 1. The van der Waals surface area contributed by atoms with Gasteiger partial charge in [-0.25, -0.2) is 0 Å². The lowest BCUT2D eigenvalue weighted by Crippen LogP contribution is -2.46. The van der Waals surface area contributed by atoms with Gasteiger partial charge in [0.05, 0.1) is 0 Å². The van der Waals surface area contributed by atoms with Crippen molar-refractivity contribution in [3.63, 3.8) is 0 Å². The molecule has 0 aliphatic heterocycles. The molecule has 94 valence electrons. The molecule has 0 amide bonds. The Morgan fingerprint density at radius 1 is 1.31 bits per heavy atom. The molecule has 0 bridgehead atoms. The highest BCUT2D eigenvalue weighted by atomic mass is 16.4. The fourth-order valence-corrected chi connectivity index (χ4v) is 2.55. The summed E-state index contributed by atoms with van der Waals surface area (Å²) in [5.41, 5.74) is 0.306. The predicted molar refractivity (Wildman–Crippen MR) is 65.5 cm³/mol. The van der Waals surface area contributed by atoms with Crippen molar-refractivity contribution in [2.45, 2.75) is 58.9 Å². The van der Waals surface area contributed by atoms with E-state index < -0.39 is 12.0 Å². The number of aliphatic carboxylic acids is 1. The predicted octanol–water partition coefficient (Wildman–Crippen LogP) is 2.66. The van der Waals surface area contributed by atoms with Crippen molar-refractivity contribution in [3.8, 4) is 0 Å². The lowest BCUT2D eigenvalue weighted by atomic mass is 9.75. The van der Waals surface area contributed by atoms with Gasteiger partial charge in [-0.3, -0.25) is 4.79 Å². The van der Waals surface area contributed by atoms with Gasteiger partial charge in [0, 0.05) is 6.54 Å². The maximum absolute atomic E-state index is 11.1. The third-order valence-electron chi connectivity index (χ3n) is 3.74. The quantitative estimate of drug-likeness (QED) is 0.759. The Hall–Kier alpha value is -0.570. The zero-order chi connectivity index (χ0) is 12.2. The highest BCUT2D eigenvalue weighted by Crippen LogP contribution is 2.35. The van der Waals surface area contributed by atoms with Crippen LogP contribution < -0.4 is 5.32 Å². The average molecular weight is 227 g/mol. The summed E-state index contributed by atoms with van der Waals surface area (Å²) in [6.45, 7) is 7.02. The summed E-state index contributed by atoms with van der Waals surface area (Å²) >= 11 is 0. The first-order chi connectivity index (χ1) is 7.44. The molecule has 1 saturated carbocycles. The number of hydrogen-bond donors (Lipinski definition) is 2. The number of rotatable bonds is 5. The second-order valence-electron chi connectivity index (χ2n) is 5.81. The van der Waals surface area contributed by atoms with Gasteiger partial charge in [0.15, 0.2) is 0 Å². The molecule has 0 saturated heterocycles. The van der Waals surface area contributed by atoms with Gasteiger partial charge in [0.25, 0.3) is 0 Å². The lowest BCUT2D eigenvalue weighted by molar-refractivity contribution is -0.140. The summed E-state index contributed by atoms with van der Waals surface area (Å²) in [6, 6.07) is -0.404. The Labute approximate surface area is 98.6 Å². The number of carbonyl (C=O) groups is 1. The van der Waals surface area contributed by atoms with E-state index >= 15 is 0 Å². The van der Waals surface area contributed by atoms with Crippen molar-refractivity contribution in [2.75, 3.05) is 6.54 Å². The summed E-state index contributed by atoms with van der Waals surface area (Å²) < 4.78 is 0. The van der Waals surface area contributed by atoms with E-state index in [1.165, 1.54) is 32.1 Å². The first-order valence-corrected chi connectivity index (χ1v) is 6.41. The number of nitrogens with one attached hydrogen (secondary N) is 1. The topological polar surface area (TPSA) is 49.3 Å². The summed E-state index contributed by atoms with van der Waals surface area (Å²) in [5.74, 6) is -0.584. The van der Waals surface area contributed by atoms with E-state index in [-0.39, 0.29) is 5.92 Å². The smallest absolute Gasteiger partial charge is 0.320 e. The van der Waals surface area contributed by atoms with E-state index in [0.29, 0.717) is 5.41 Å². The molecule has 1 aliphatic rings. The van der Waals surface area contributed by atoms with E-state index in [1.54, 1.807) is 0 Å². The van der Waals surface area contributed by atoms with E-state index in [0.717, 1.165) is 6.54 Å². The molecule has 1 unspecified atom stereocenters. The molecule has 1 fully saturated rings. The zero-order valence-corrected chi connectivity index (χ0v) is 10.8. The van der Waals surface area contributed by atoms with Crippen LogP contribution in [0.25, 0.3) is 0 Å². The van der Waals surface area contributed by atoms with E-state index in [4.69, 9.17) is 5.11 Å². The van der Waals surface area contributed by atoms with Gasteiger partial charge >= 0.3 is 5.97 Å². The largest absolute Gasteiger partial charge is 0.480 e. The molecule has 16 heavy (non-hydrogen) atoms. The highest BCUT2D eigenvalue weighted by molar-refractivity contribution is 5.73. The van der Waals surface area contributed by atoms with Crippen LogP contribution in [0.2, 0.25) is 0 Å². The molecule has 1 rings (SSSR count). The molecule has 0 spiro atoms. The van der Waals surface area contributed by atoms with Crippen molar-refractivity contribution in [3.05, 3.63) is 0 Å². The van der Waals surface area contributed by atoms with Gasteiger partial charge in [-0.15, -0.1) is 0 Å². The molecule has 0 aromatic carbocycles. The maximum Gasteiger partial charge on any atom is 0.320 e. The first kappa shape index (κ1) is 13.5. The normalized spacial score (nSPS) is 22.0. The molecule has 1 atom stereocenters. The lowest BCUT2D eigenvalue weighted by Gasteiger charge is -2.35. The van der Waals surface area contributed by atoms with Crippen LogP contribution in [-0.2, 0) is 4.79 Å². The first-order valence-electron chi connectivity index (χ1n) is 6.41. The Kier molecular flexibility index (Phi) is 4.78. The van der Waals surface area contributed by atoms with Crippen LogP contribution >= 0.6 is 0 Å². The summed E-state index contributed by atoms with van der Waals surface area (Å²) in [6.07, 6.45) is 6.37. The third kappa shape index (κ3) is 3.78. The molecule has 0 heterocycles. The molecule has 0 radical (unpaired) electrons. The minimum Gasteiger partial charge on any atom is -0.480 e. The molecule has 1 aliphatic carbocycles. The van der Waals surface area contributed by atoms with Crippen LogP contribution in [-0.4, -0.2) is 23.7 Å². The second kappa shape index (κ2) is 5.67. The monoisotopic (exact) mass is 227 g/mol. The van der Waals surface area contributed by atoms with Crippen molar-refractivity contribution < 1.29 is 9.90 Å². The van der Waals surface area contributed by atoms with Crippen LogP contribution in [0.4, 0.5) is 0 Å². The number of carboxylic acid groups (broad SMARTS) is 1. The van der Waals surface area contributed by atoms with Gasteiger partial charge in [-0.05, 0) is 24.2 Å². The molecule has 0 aromatic rings. The number of hydrogen-bond acceptors (Lipinski definition) is 2. The van der Waals surface area contributed by atoms with Crippen LogP contribution in [0.3, 0.4) is 0 Å². The van der Waals surface area contributed by atoms with E-state index in [9.17, 15) is 4.79 Å². The zero-order valence-electron chi connectivity index (χ0n) is 10.8. The Balaban J connectivity index is 2.44. The summed E-state index contributed by atoms with van der Waals surface area (Å²) in [7, 11) is 0. The van der Waals surface area contributed by atoms with E-state index in [1.807, 2.05) is 13.8 Å². The van der Waals surface area contributed by atoms with Crippen LogP contribution in [0, 0.1) is 11.3 Å². The fraction of sp³-hybridized carbons (Fsp3) is 0.923. The standard InChI is InChI=1S/C13H25NO2/c1-10(2)11(12(15)16)14-9-13(3)7-5-4-6-8-13/h10-11,14H,4-9H2,1-3H3,(H,15,16). The van der Waals surface area contributed by atoms with Gasteiger partial charge < -0.3 is 10.4 Å². The van der Waals surface area contributed by atoms with Crippen molar-refractivity contribution >= 4 is 5.97 Å². The van der Waals surface area contributed by atoms with Crippen LogP contribution in [0.1, 0.15) is 52.9 Å². The van der Waals surface area contributed by atoms with Gasteiger partial charge in [0.2, 0.25) is 0 Å². The van der Waals surface area contributed by atoms with Crippen molar-refractivity contribution in [2.24, 2.45) is 11.3 Å². The molecular weight excluding hydrogens is 202 g/mol. The molecule has 0 aromatic heterocycles. The van der Waals surface area contributed by atoms with Crippen LogP contribution in [0.5, 0.6) is 0 Å². The van der Waals surface area contributed by atoms with Crippen LogP contribution in [0.15, 0.2) is 0 Å². The SMILES string of the molecule is CC(C)C(NCC1(C)CCCCC1)C(=O)O. The molecule has 3 heteroatoms. The summed E-state index contributed by atoms with van der Waals surface area (Å²) in [4.78, 5) is 11.1. The Morgan fingerprint density at radius 3 is 2.31 bits per heavy atom. The van der Waals surface area contributed by atoms with Crippen molar-refractivity contribution in [1.82, 2.24) is 5.32 Å². The molecule has 3 nitrogen and oxygen atoms in total. The van der Waals surface area contributed by atoms with E-state index in [2.05, 4.69) is 12.2 Å². The molecule has 2 N–H and O–H groups in total. The van der Waals surface area contributed by atoms with Gasteiger partial charge in [0.1, 0.15) is 6.04 Å². The average Bonchev–Trinajstić information content (AvgIpc) is 2.17. The van der Waals surface area contributed by atoms with Crippen molar-refractivity contribution in [1.29, 1.82) is 0 Å². The second-order valence-corrected chi connectivity index (χ2v) is 5.81. The Bertz CT molecular complexity index is 232. The fourth-order valence-electron chi connectivity index (χ4n) is 2.55. The third-order valence-corrected chi connectivity index (χ3v) is 3.74. The summed E-state index contributed by atoms with van der Waals surface area (Å²) in [5, 5.41) is 12.3. The highest BCUT2D eigenvalue weighted by Gasteiger charge is 2.29. The minimum atomic E-state index is -0.727. The van der Waals surface area contributed by atoms with Gasteiger partial charge in [-0.2, -0.15) is 0 Å². The molecular formula is C13H25NO2.